The van der Waals surface area contributed by atoms with E-state index in [-0.39, 0.29) is 43.0 Å². The quantitative estimate of drug-likeness (QED) is 0.344. The number of fused-ring (bicyclic) bond motifs is 3. The number of primary amides is 1. The maximum atomic E-state index is 13.7. The number of nitrogens with zero attached hydrogens (tertiary/aromatic N) is 1. The van der Waals surface area contributed by atoms with Gasteiger partial charge in [0.25, 0.3) is 0 Å². The molecule has 0 aliphatic heterocycles. The largest absolute Gasteiger partial charge is 0.507 e. The van der Waals surface area contributed by atoms with Crippen LogP contribution in [0.2, 0.25) is 0 Å². The number of ketones is 4. The van der Waals surface area contributed by atoms with E-state index in [4.69, 9.17) is 5.73 Å². The molecule has 0 saturated heterocycles. The average Bonchev–Trinajstić information content (AvgIpc) is 2.90. The minimum Gasteiger partial charge on any atom is -0.507 e. The molecular weight excluding hydrogens is 542 g/mol. The van der Waals surface area contributed by atoms with E-state index in [0.717, 1.165) is 11.1 Å². The molecule has 2 amide bonds. The minimum absolute atomic E-state index is 0.00566. The van der Waals surface area contributed by atoms with E-state index in [9.17, 15) is 39.0 Å². The number of rotatable bonds is 7. The fraction of sp³-hybridized carbons (Fsp3) is 0.419. The van der Waals surface area contributed by atoms with Crippen LogP contribution >= 0.6 is 0 Å². The van der Waals surface area contributed by atoms with Gasteiger partial charge < -0.3 is 26.2 Å². The summed E-state index contributed by atoms with van der Waals surface area (Å²) in [5.74, 6) is -10.3. The molecule has 220 valence electrons. The molecule has 0 radical (unpaired) electrons. The SMILES string of the molecule is CN(C)CC(=O)Nc1ccc(CCc2ccc(O)c3c2C[C@H]2C[C@H]4CC(=O)C(C(N)=O)C(=O)[C@@]4(O)C(=O)C2C3=O)cc1. The van der Waals surface area contributed by atoms with Crippen LogP contribution in [0.15, 0.2) is 36.4 Å². The predicted octanol–water partition coefficient (Wildman–Crippen LogP) is 0.612. The summed E-state index contributed by atoms with van der Waals surface area (Å²) < 4.78 is 0. The molecule has 0 spiro atoms. The van der Waals surface area contributed by atoms with Crippen molar-refractivity contribution in [2.75, 3.05) is 26.0 Å². The molecular formula is C31H33N3O8. The first-order valence-corrected chi connectivity index (χ1v) is 13.9. The molecule has 2 saturated carbocycles. The van der Waals surface area contributed by atoms with Crippen LogP contribution in [0, 0.1) is 23.7 Å². The molecule has 42 heavy (non-hydrogen) atoms. The fourth-order valence-corrected chi connectivity index (χ4v) is 6.79. The number of carbonyl (C=O) groups excluding carboxylic acids is 6. The van der Waals surface area contributed by atoms with Crippen molar-refractivity contribution in [2.24, 2.45) is 29.4 Å². The van der Waals surface area contributed by atoms with E-state index in [0.29, 0.717) is 24.1 Å². The van der Waals surface area contributed by atoms with Gasteiger partial charge in [-0.05, 0) is 80.6 Å². The Morgan fingerprint density at radius 2 is 1.69 bits per heavy atom. The monoisotopic (exact) mass is 575 g/mol. The number of phenolic OH excluding ortho intramolecular Hbond substituents is 1. The number of phenols is 1. The second kappa shape index (κ2) is 10.9. The molecule has 11 nitrogen and oxygen atoms in total. The number of anilines is 1. The Morgan fingerprint density at radius 3 is 2.33 bits per heavy atom. The zero-order valence-corrected chi connectivity index (χ0v) is 23.4. The van der Waals surface area contributed by atoms with E-state index in [1.807, 2.05) is 38.4 Å². The zero-order valence-electron chi connectivity index (χ0n) is 23.4. The highest BCUT2D eigenvalue weighted by atomic mass is 16.3. The van der Waals surface area contributed by atoms with Gasteiger partial charge in [-0.3, -0.25) is 28.8 Å². The van der Waals surface area contributed by atoms with Crippen LogP contribution in [0.1, 0.15) is 39.9 Å². The predicted molar refractivity (Wildman–Crippen MR) is 150 cm³/mol. The van der Waals surface area contributed by atoms with E-state index in [1.54, 1.807) is 11.0 Å². The van der Waals surface area contributed by atoms with Crippen LogP contribution in [0.3, 0.4) is 0 Å². The summed E-state index contributed by atoms with van der Waals surface area (Å²) in [4.78, 5) is 78.5. The van der Waals surface area contributed by atoms with Crippen LogP contribution in [0.4, 0.5) is 5.69 Å². The van der Waals surface area contributed by atoms with Gasteiger partial charge in [0.2, 0.25) is 11.8 Å². The molecule has 5 N–H and O–H groups in total. The number of likely N-dealkylation sites (N-methyl/N-ethyl adjacent to an activating group) is 1. The van der Waals surface area contributed by atoms with E-state index in [1.165, 1.54) is 6.07 Å². The molecule has 2 fully saturated rings. The third-order valence-corrected chi connectivity index (χ3v) is 8.76. The Labute approximate surface area is 242 Å². The lowest BCUT2D eigenvalue weighted by atomic mass is 9.53. The number of benzene rings is 2. The Hall–Kier alpha value is -4.22. The topological polar surface area (TPSA) is 184 Å². The summed E-state index contributed by atoms with van der Waals surface area (Å²) >= 11 is 0. The number of nitrogens with two attached hydrogens (primary N) is 1. The van der Waals surface area contributed by atoms with Gasteiger partial charge in [0.15, 0.2) is 34.7 Å². The Morgan fingerprint density at radius 1 is 1.00 bits per heavy atom. The highest BCUT2D eigenvalue weighted by Crippen LogP contribution is 2.50. The van der Waals surface area contributed by atoms with Crippen molar-refractivity contribution >= 4 is 40.6 Å². The Kier molecular flexibility index (Phi) is 7.59. The number of carbonyl (C=O) groups is 6. The van der Waals surface area contributed by atoms with Crippen molar-refractivity contribution in [2.45, 2.75) is 37.7 Å². The molecule has 5 rings (SSSR count). The molecule has 3 aliphatic carbocycles. The molecule has 0 aromatic heterocycles. The Balaban J connectivity index is 1.37. The summed E-state index contributed by atoms with van der Waals surface area (Å²) in [7, 11) is 3.62. The third-order valence-electron chi connectivity index (χ3n) is 8.76. The van der Waals surface area contributed by atoms with Crippen LogP contribution in [0.25, 0.3) is 0 Å². The summed E-state index contributed by atoms with van der Waals surface area (Å²) in [6, 6.07) is 10.6. The van der Waals surface area contributed by atoms with Crippen molar-refractivity contribution in [3.8, 4) is 5.75 Å². The summed E-state index contributed by atoms with van der Waals surface area (Å²) in [5, 5.41) is 24.8. The summed E-state index contributed by atoms with van der Waals surface area (Å²) in [6.07, 6.45) is 1.05. The number of nitrogens with one attached hydrogen (secondary N) is 1. The van der Waals surface area contributed by atoms with Gasteiger partial charge >= 0.3 is 0 Å². The molecule has 5 atom stereocenters. The molecule has 2 aromatic carbocycles. The van der Waals surface area contributed by atoms with Crippen molar-refractivity contribution in [3.63, 3.8) is 0 Å². The molecule has 2 unspecified atom stereocenters. The Bertz CT molecular complexity index is 1510. The molecule has 0 bridgehead atoms. The summed E-state index contributed by atoms with van der Waals surface area (Å²) in [5.41, 5.74) is 5.65. The van der Waals surface area contributed by atoms with Gasteiger partial charge in [0.1, 0.15) is 5.75 Å². The standard InChI is InChI=1S/C31H33N3O8/c1-34(2)14-23(37)33-19-8-4-15(5-9-19)3-6-16-7-10-21(35)25-20(16)12-17-11-18-13-22(36)26(30(32)41)29(40)31(18,42)28(39)24(17)27(25)38/h4-5,7-10,17-18,24,26,35,42H,3,6,11-14H2,1-2H3,(H2,32,41)(H,33,37)/t17-,18+,24?,26?,31+/m1/s1. The van der Waals surface area contributed by atoms with Gasteiger partial charge in [-0.15, -0.1) is 0 Å². The molecule has 2 aromatic rings. The van der Waals surface area contributed by atoms with Gasteiger partial charge in [0.05, 0.1) is 18.0 Å². The van der Waals surface area contributed by atoms with Crippen molar-refractivity contribution in [3.05, 3.63) is 58.7 Å². The molecule has 3 aliphatic rings. The number of amides is 2. The van der Waals surface area contributed by atoms with Crippen molar-refractivity contribution in [1.29, 1.82) is 0 Å². The van der Waals surface area contributed by atoms with Gasteiger partial charge in [-0.25, -0.2) is 0 Å². The highest BCUT2D eigenvalue weighted by Gasteiger charge is 2.66. The van der Waals surface area contributed by atoms with E-state index < -0.39 is 58.3 Å². The first-order valence-electron chi connectivity index (χ1n) is 13.9. The maximum Gasteiger partial charge on any atom is 0.238 e. The third kappa shape index (κ3) is 4.92. The number of hydrogen-bond acceptors (Lipinski definition) is 9. The lowest BCUT2D eigenvalue weighted by molar-refractivity contribution is -0.175. The smallest absolute Gasteiger partial charge is 0.238 e. The number of aryl methyl sites for hydroxylation is 2. The highest BCUT2D eigenvalue weighted by molar-refractivity contribution is 6.31. The number of hydrogen-bond donors (Lipinski definition) is 4. The maximum absolute atomic E-state index is 13.7. The van der Waals surface area contributed by atoms with Crippen LogP contribution < -0.4 is 11.1 Å². The van der Waals surface area contributed by atoms with Gasteiger partial charge in [-0.1, -0.05) is 18.2 Å². The zero-order chi connectivity index (χ0) is 30.5. The van der Waals surface area contributed by atoms with Crippen molar-refractivity contribution in [1.82, 2.24) is 4.90 Å². The van der Waals surface area contributed by atoms with E-state index >= 15 is 0 Å². The number of aliphatic hydroxyl groups is 1. The minimum atomic E-state index is -2.66. The lowest BCUT2D eigenvalue weighted by Crippen LogP contribution is -2.68. The second-order valence-corrected chi connectivity index (χ2v) is 11.8. The second-order valence-electron chi connectivity index (χ2n) is 11.8. The van der Waals surface area contributed by atoms with Crippen molar-refractivity contribution < 1.29 is 39.0 Å². The molecule has 11 heteroatoms. The lowest BCUT2D eigenvalue weighted by Gasteiger charge is -2.48. The fourth-order valence-electron chi connectivity index (χ4n) is 6.79. The first-order chi connectivity index (χ1) is 19.8. The van der Waals surface area contributed by atoms with Gasteiger partial charge in [-0.2, -0.15) is 0 Å². The van der Waals surface area contributed by atoms with Crippen LogP contribution in [0.5, 0.6) is 5.75 Å². The average molecular weight is 576 g/mol. The number of Topliss-reactive ketones (excluding diaryl/α,β-unsaturated/α-hetero) is 4. The van der Waals surface area contributed by atoms with Gasteiger partial charge in [0, 0.05) is 18.0 Å². The summed E-state index contributed by atoms with van der Waals surface area (Å²) in [6.45, 7) is 0.264. The number of aromatic hydroxyl groups is 1. The molecule has 0 heterocycles. The van der Waals surface area contributed by atoms with Crippen LogP contribution in [-0.2, 0) is 43.2 Å². The normalized spacial score (nSPS) is 26.9. The van der Waals surface area contributed by atoms with Crippen LogP contribution in [-0.4, -0.2) is 76.3 Å². The first kappa shape index (κ1) is 29.3. The van der Waals surface area contributed by atoms with E-state index in [2.05, 4.69) is 5.32 Å².